The fraction of sp³-hybridized carbons (Fsp3) is 0.706. The first-order valence-electron chi connectivity index (χ1n) is 8.34. The zero-order valence-electron chi connectivity index (χ0n) is 14.3. The Balaban J connectivity index is 1.57. The molecule has 2 fully saturated rings. The number of thiophene rings is 1. The van der Waals surface area contributed by atoms with Crippen molar-refractivity contribution in [3.63, 3.8) is 0 Å². The Hall–Kier alpha value is -1.11. The average molecular weight is 337 g/mol. The number of amides is 2. The van der Waals surface area contributed by atoms with E-state index in [-0.39, 0.29) is 17.7 Å². The second kappa shape index (κ2) is 6.79. The van der Waals surface area contributed by atoms with E-state index in [4.69, 9.17) is 4.74 Å². The van der Waals surface area contributed by atoms with Gasteiger partial charge < -0.3 is 15.0 Å². The Bertz CT molecular complexity index is 560. The first-order chi connectivity index (χ1) is 11.0. The minimum absolute atomic E-state index is 0.00360. The highest BCUT2D eigenvalue weighted by atomic mass is 32.1. The van der Waals surface area contributed by atoms with Crippen molar-refractivity contribution in [1.29, 1.82) is 0 Å². The van der Waals surface area contributed by atoms with Gasteiger partial charge >= 0.3 is 6.03 Å². The Morgan fingerprint density at radius 2 is 2.39 bits per heavy atom. The third-order valence-corrected chi connectivity index (χ3v) is 5.97. The van der Waals surface area contributed by atoms with Gasteiger partial charge in [-0.05, 0) is 43.2 Å². The molecule has 23 heavy (non-hydrogen) atoms. The second-order valence-corrected chi connectivity index (χ2v) is 8.05. The molecule has 2 amide bonds. The first kappa shape index (κ1) is 16.7. The third-order valence-electron chi connectivity index (χ3n) is 4.96. The van der Waals surface area contributed by atoms with Crippen molar-refractivity contribution in [1.82, 2.24) is 15.1 Å². The molecule has 0 unspecified atom stereocenters. The Labute approximate surface area is 142 Å². The molecule has 6 heteroatoms. The zero-order chi connectivity index (χ0) is 16.4. The number of hydrogen-bond donors (Lipinski definition) is 1. The van der Waals surface area contributed by atoms with E-state index < -0.39 is 0 Å². The number of urea groups is 1. The van der Waals surface area contributed by atoms with Crippen LogP contribution < -0.4 is 5.32 Å². The van der Waals surface area contributed by atoms with E-state index in [2.05, 4.69) is 28.6 Å². The largest absolute Gasteiger partial charge is 0.373 e. The number of aryl methyl sites for hydroxylation is 1. The summed E-state index contributed by atoms with van der Waals surface area (Å²) in [6.07, 6.45) is 2.89. The van der Waals surface area contributed by atoms with Crippen LogP contribution in [0.25, 0.3) is 0 Å². The van der Waals surface area contributed by atoms with Crippen LogP contribution in [0.1, 0.15) is 29.7 Å². The summed E-state index contributed by atoms with van der Waals surface area (Å²) >= 11 is 1.84. The molecule has 1 aromatic heterocycles. The second-order valence-electron chi connectivity index (χ2n) is 7.05. The highest BCUT2D eigenvalue weighted by Crippen LogP contribution is 2.35. The maximum Gasteiger partial charge on any atom is 0.317 e. The van der Waals surface area contributed by atoms with Crippen LogP contribution in [-0.2, 0) is 11.3 Å². The summed E-state index contributed by atoms with van der Waals surface area (Å²) in [5, 5.41) is 5.30. The highest BCUT2D eigenvalue weighted by molar-refractivity contribution is 7.10. The minimum atomic E-state index is -0.0757. The predicted octanol–water partition coefficient (Wildman–Crippen LogP) is 2.45. The molecule has 1 spiro atoms. The van der Waals surface area contributed by atoms with Crippen LogP contribution in [0, 0.1) is 6.92 Å². The number of likely N-dealkylation sites (tertiary alicyclic amines) is 1. The van der Waals surface area contributed by atoms with Gasteiger partial charge in [0.1, 0.15) is 0 Å². The molecular weight excluding hydrogens is 310 g/mol. The lowest BCUT2D eigenvalue weighted by molar-refractivity contribution is -0.0792. The van der Waals surface area contributed by atoms with Crippen LogP contribution >= 0.6 is 11.3 Å². The van der Waals surface area contributed by atoms with Gasteiger partial charge in [-0.3, -0.25) is 4.90 Å². The number of carbonyl (C=O) groups excluding carboxylic acids is 1. The molecule has 2 aliphatic heterocycles. The summed E-state index contributed by atoms with van der Waals surface area (Å²) in [6.45, 7) is 5.99. The van der Waals surface area contributed by atoms with Gasteiger partial charge in [0.05, 0.1) is 5.60 Å². The number of hydrogen-bond acceptors (Lipinski definition) is 4. The molecule has 0 bridgehead atoms. The van der Waals surface area contributed by atoms with Gasteiger partial charge in [-0.15, -0.1) is 11.3 Å². The van der Waals surface area contributed by atoms with E-state index in [0.29, 0.717) is 0 Å². The van der Waals surface area contributed by atoms with Crippen LogP contribution in [0.3, 0.4) is 0 Å². The van der Waals surface area contributed by atoms with E-state index >= 15 is 0 Å². The van der Waals surface area contributed by atoms with Crippen molar-refractivity contribution in [3.8, 4) is 0 Å². The van der Waals surface area contributed by atoms with Gasteiger partial charge in [-0.25, -0.2) is 4.79 Å². The van der Waals surface area contributed by atoms with Gasteiger partial charge in [-0.2, -0.15) is 0 Å². The SMILES string of the molecule is Cc1ccsc1CN1CC[C@]2(C[C@@H](NC(=O)N(C)C)CCO2)C1. The molecule has 1 N–H and O–H groups in total. The van der Waals surface area contributed by atoms with Crippen molar-refractivity contribution in [2.45, 2.75) is 44.4 Å². The fourth-order valence-corrected chi connectivity index (χ4v) is 4.52. The molecule has 0 aliphatic carbocycles. The number of rotatable bonds is 3. The summed E-state index contributed by atoms with van der Waals surface area (Å²) in [4.78, 5) is 17.4. The topological polar surface area (TPSA) is 44.8 Å². The molecule has 0 saturated carbocycles. The molecule has 5 nitrogen and oxygen atoms in total. The van der Waals surface area contributed by atoms with Gasteiger partial charge in [0.2, 0.25) is 0 Å². The lowest BCUT2D eigenvalue weighted by atomic mass is 9.89. The van der Waals surface area contributed by atoms with Crippen LogP contribution in [0.4, 0.5) is 4.79 Å². The predicted molar refractivity (Wildman–Crippen MR) is 92.9 cm³/mol. The molecule has 3 heterocycles. The molecule has 0 aromatic carbocycles. The maximum absolute atomic E-state index is 11.9. The lowest BCUT2D eigenvalue weighted by Gasteiger charge is -2.38. The minimum Gasteiger partial charge on any atom is -0.373 e. The fourth-order valence-electron chi connectivity index (χ4n) is 3.57. The third kappa shape index (κ3) is 3.87. The summed E-state index contributed by atoms with van der Waals surface area (Å²) in [5.74, 6) is 0. The lowest BCUT2D eigenvalue weighted by Crippen LogP contribution is -2.51. The molecule has 128 valence electrons. The molecule has 2 atom stereocenters. The maximum atomic E-state index is 11.9. The molecule has 1 aromatic rings. The van der Waals surface area contributed by atoms with E-state index in [9.17, 15) is 4.79 Å². The van der Waals surface area contributed by atoms with Crippen molar-refractivity contribution < 1.29 is 9.53 Å². The van der Waals surface area contributed by atoms with Crippen LogP contribution in [-0.4, -0.2) is 61.3 Å². The van der Waals surface area contributed by atoms with Crippen molar-refractivity contribution in [3.05, 3.63) is 21.9 Å². The van der Waals surface area contributed by atoms with E-state index in [0.717, 1.165) is 45.5 Å². The van der Waals surface area contributed by atoms with Crippen LogP contribution in [0.15, 0.2) is 11.4 Å². The summed E-state index contributed by atoms with van der Waals surface area (Å²) in [5.41, 5.74) is 1.31. The van der Waals surface area contributed by atoms with Gasteiger partial charge in [0.15, 0.2) is 0 Å². The molecular formula is C17H27N3O2S. The molecule has 3 rings (SSSR count). The molecule has 2 aliphatic rings. The van der Waals surface area contributed by atoms with Crippen LogP contribution in [0.5, 0.6) is 0 Å². The quantitative estimate of drug-likeness (QED) is 0.921. The number of ether oxygens (including phenoxy) is 1. The van der Waals surface area contributed by atoms with Crippen LogP contribution in [0.2, 0.25) is 0 Å². The van der Waals surface area contributed by atoms with Crippen molar-refractivity contribution in [2.75, 3.05) is 33.8 Å². The Kier molecular flexibility index (Phi) is 4.94. The summed E-state index contributed by atoms with van der Waals surface area (Å²) in [7, 11) is 3.57. The standard InChI is InChI=1S/C17H27N3O2S/c1-13-5-9-23-15(13)11-20-7-6-17(12-20)10-14(4-8-22-17)18-16(21)19(2)3/h5,9,14H,4,6-8,10-12H2,1-3H3,(H,18,21)/t14-,17-/m0/s1. The zero-order valence-corrected chi connectivity index (χ0v) is 15.1. The highest BCUT2D eigenvalue weighted by Gasteiger charge is 2.43. The first-order valence-corrected chi connectivity index (χ1v) is 9.22. The number of carbonyl (C=O) groups is 1. The van der Waals surface area contributed by atoms with Gasteiger partial charge in [0, 0.05) is 51.3 Å². The Morgan fingerprint density at radius 1 is 1.57 bits per heavy atom. The monoisotopic (exact) mass is 337 g/mol. The van der Waals surface area contributed by atoms with Gasteiger partial charge in [-0.1, -0.05) is 0 Å². The molecule has 0 radical (unpaired) electrons. The smallest absolute Gasteiger partial charge is 0.317 e. The Morgan fingerprint density at radius 3 is 3.09 bits per heavy atom. The summed E-state index contributed by atoms with van der Waals surface area (Å²) in [6, 6.07) is 2.41. The number of nitrogens with zero attached hydrogens (tertiary/aromatic N) is 2. The van der Waals surface area contributed by atoms with Crippen molar-refractivity contribution in [2.24, 2.45) is 0 Å². The van der Waals surface area contributed by atoms with E-state index in [1.54, 1.807) is 19.0 Å². The normalized spacial score (nSPS) is 28.2. The van der Waals surface area contributed by atoms with E-state index in [1.165, 1.54) is 10.4 Å². The average Bonchev–Trinajstić information content (AvgIpc) is 3.07. The van der Waals surface area contributed by atoms with Gasteiger partial charge in [0.25, 0.3) is 0 Å². The number of nitrogens with one attached hydrogen (secondary N) is 1. The van der Waals surface area contributed by atoms with E-state index in [1.807, 2.05) is 11.3 Å². The molecule has 2 saturated heterocycles. The van der Waals surface area contributed by atoms with Crippen molar-refractivity contribution >= 4 is 17.4 Å². The summed E-state index contributed by atoms with van der Waals surface area (Å²) < 4.78 is 6.18.